The molecule has 0 saturated heterocycles. The van der Waals surface area contributed by atoms with Crippen molar-refractivity contribution in [2.45, 2.75) is 31.7 Å². The fraction of sp³-hybridized carbons (Fsp3) is 0.385. The second-order valence-corrected chi connectivity index (χ2v) is 4.69. The fourth-order valence-corrected chi connectivity index (χ4v) is 1.86. The summed E-state index contributed by atoms with van der Waals surface area (Å²) >= 11 is 0. The Morgan fingerprint density at radius 3 is 2.58 bits per heavy atom. The Hall–Kier alpha value is -2.24. The lowest BCUT2D eigenvalue weighted by Gasteiger charge is -2.26. The summed E-state index contributed by atoms with van der Waals surface area (Å²) in [6.07, 6.45) is 3.69. The minimum Gasteiger partial charge on any atom is -0.409 e. The highest BCUT2D eigenvalue weighted by atomic mass is 16.4. The smallest absolute Gasteiger partial charge is 0.319 e. The van der Waals surface area contributed by atoms with Gasteiger partial charge in [-0.05, 0) is 37.0 Å². The lowest BCUT2D eigenvalue weighted by molar-refractivity contribution is 0.240. The van der Waals surface area contributed by atoms with Crippen molar-refractivity contribution in [3.63, 3.8) is 0 Å². The van der Waals surface area contributed by atoms with Crippen LogP contribution in [0.4, 0.5) is 10.5 Å². The van der Waals surface area contributed by atoms with Gasteiger partial charge < -0.3 is 21.6 Å². The van der Waals surface area contributed by atoms with E-state index in [-0.39, 0.29) is 11.9 Å². The number of carbonyl (C=O) groups is 1. The molecule has 19 heavy (non-hydrogen) atoms. The highest BCUT2D eigenvalue weighted by Gasteiger charge is 2.19. The minimum absolute atomic E-state index is 0.156. The SMILES string of the molecule is N/C(Cc1ccc(NC(=O)NC2CCC2)cc1)=N/O. The van der Waals surface area contributed by atoms with E-state index in [2.05, 4.69) is 15.8 Å². The predicted octanol–water partition coefficient (Wildman–Crippen LogP) is 1.65. The third-order valence-corrected chi connectivity index (χ3v) is 3.17. The molecule has 0 bridgehead atoms. The third-order valence-electron chi connectivity index (χ3n) is 3.17. The maximum Gasteiger partial charge on any atom is 0.319 e. The van der Waals surface area contributed by atoms with E-state index in [4.69, 9.17) is 10.9 Å². The standard InChI is InChI=1S/C13H18N4O2/c14-12(17-19)8-9-4-6-11(7-5-9)16-13(18)15-10-2-1-3-10/h4-7,10,19H,1-3,8H2,(H2,14,17)(H2,15,16,18). The second kappa shape index (κ2) is 6.08. The first kappa shape index (κ1) is 13.2. The molecule has 0 aromatic heterocycles. The van der Waals surface area contributed by atoms with Gasteiger partial charge in [-0.15, -0.1) is 0 Å². The van der Waals surface area contributed by atoms with Crippen molar-refractivity contribution in [2.75, 3.05) is 5.32 Å². The number of anilines is 1. The summed E-state index contributed by atoms with van der Waals surface area (Å²) in [5.41, 5.74) is 7.06. The van der Waals surface area contributed by atoms with E-state index < -0.39 is 0 Å². The second-order valence-electron chi connectivity index (χ2n) is 4.69. The number of hydrogen-bond donors (Lipinski definition) is 4. The lowest BCUT2D eigenvalue weighted by atomic mass is 9.93. The van der Waals surface area contributed by atoms with E-state index in [1.807, 2.05) is 12.1 Å². The first-order valence-electron chi connectivity index (χ1n) is 6.30. The van der Waals surface area contributed by atoms with Crippen LogP contribution in [0.25, 0.3) is 0 Å². The van der Waals surface area contributed by atoms with Crippen LogP contribution in [-0.4, -0.2) is 23.1 Å². The molecule has 0 aliphatic heterocycles. The molecule has 1 aliphatic carbocycles. The number of nitrogens with zero attached hydrogens (tertiary/aromatic N) is 1. The zero-order valence-corrected chi connectivity index (χ0v) is 10.6. The number of rotatable bonds is 4. The molecule has 2 amide bonds. The summed E-state index contributed by atoms with van der Waals surface area (Å²) in [5.74, 6) is 0.156. The molecule has 5 N–H and O–H groups in total. The maximum absolute atomic E-state index is 11.6. The van der Waals surface area contributed by atoms with Gasteiger partial charge in [-0.1, -0.05) is 17.3 Å². The summed E-state index contributed by atoms with van der Waals surface area (Å²) in [6, 6.07) is 7.39. The molecule has 0 heterocycles. The molecular weight excluding hydrogens is 244 g/mol. The summed E-state index contributed by atoms with van der Waals surface area (Å²) in [7, 11) is 0. The Morgan fingerprint density at radius 2 is 2.05 bits per heavy atom. The van der Waals surface area contributed by atoms with Gasteiger partial charge in [0.1, 0.15) is 5.84 Å². The average molecular weight is 262 g/mol. The van der Waals surface area contributed by atoms with Crippen molar-refractivity contribution >= 4 is 17.6 Å². The number of nitrogens with two attached hydrogens (primary N) is 1. The van der Waals surface area contributed by atoms with Crippen molar-refractivity contribution in [3.05, 3.63) is 29.8 Å². The first-order valence-corrected chi connectivity index (χ1v) is 6.30. The van der Waals surface area contributed by atoms with E-state index >= 15 is 0 Å². The third kappa shape index (κ3) is 3.87. The number of amidine groups is 1. The summed E-state index contributed by atoms with van der Waals surface area (Å²) in [5, 5.41) is 17.1. The number of benzene rings is 1. The normalized spacial score (nSPS) is 15.7. The van der Waals surface area contributed by atoms with Crippen LogP contribution in [-0.2, 0) is 6.42 Å². The quantitative estimate of drug-likeness (QED) is 0.287. The molecule has 1 saturated carbocycles. The van der Waals surface area contributed by atoms with E-state index in [1.54, 1.807) is 12.1 Å². The van der Waals surface area contributed by atoms with E-state index in [1.165, 1.54) is 6.42 Å². The highest BCUT2D eigenvalue weighted by molar-refractivity contribution is 5.89. The number of nitrogens with one attached hydrogen (secondary N) is 2. The van der Waals surface area contributed by atoms with E-state index in [0.717, 1.165) is 24.1 Å². The van der Waals surface area contributed by atoms with E-state index in [0.29, 0.717) is 12.5 Å². The summed E-state index contributed by atoms with van der Waals surface area (Å²) < 4.78 is 0. The van der Waals surface area contributed by atoms with Crippen LogP contribution in [0.15, 0.2) is 29.4 Å². The van der Waals surface area contributed by atoms with Crippen LogP contribution in [0.2, 0.25) is 0 Å². The Balaban J connectivity index is 1.85. The zero-order chi connectivity index (χ0) is 13.7. The van der Waals surface area contributed by atoms with Crippen molar-refractivity contribution < 1.29 is 10.0 Å². The molecule has 1 aromatic carbocycles. The van der Waals surface area contributed by atoms with Gasteiger partial charge >= 0.3 is 6.03 Å². The molecule has 0 spiro atoms. The van der Waals surface area contributed by atoms with Crippen LogP contribution in [0.5, 0.6) is 0 Å². The van der Waals surface area contributed by atoms with Crippen LogP contribution in [0, 0.1) is 0 Å². The van der Waals surface area contributed by atoms with Crippen molar-refractivity contribution in [3.8, 4) is 0 Å². The van der Waals surface area contributed by atoms with Crippen LogP contribution >= 0.6 is 0 Å². The van der Waals surface area contributed by atoms with Crippen LogP contribution in [0.1, 0.15) is 24.8 Å². The zero-order valence-electron chi connectivity index (χ0n) is 10.6. The number of urea groups is 1. The van der Waals surface area contributed by atoms with Gasteiger partial charge in [-0.25, -0.2) is 4.79 Å². The molecule has 6 heteroatoms. The van der Waals surface area contributed by atoms with Gasteiger partial charge in [0.25, 0.3) is 0 Å². The minimum atomic E-state index is -0.172. The highest BCUT2D eigenvalue weighted by Crippen LogP contribution is 2.18. The number of hydrogen-bond acceptors (Lipinski definition) is 3. The van der Waals surface area contributed by atoms with Crippen LogP contribution < -0.4 is 16.4 Å². The fourth-order valence-electron chi connectivity index (χ4n) is 1.86. The largest absolute Gasteiger partial charge is 0.409 e. The average Bonchev–Trinajstić information content (AvgIpc) is 2.36. The van der Waals surface area contributed by atoms with Crippen molar-refractivity contribution in [1.82, 2.24) is 5.32 Å². The molecule has 0 radical (unpaired) electrons. The summed E-state index contributed by atoms with van der Waals surface area (Å²) in [6.45, 7) is 0. The Labute approximate surface area is 111 Å². The van der Waals surface area contributed by atoms with E-state index in [9.17, 15) is 4.79 Å². The molecule has 6 nitrogen and oxygen atoms in total. The molecule has 0 unspecified atom stereocenters. The van der Waals surface area contributed by atoms with Gasteiger partial charge in [-0.3, -0.25) is 0 Å². The molecular formula is C13H18N4O2. The van der Waals surface area contributed by atoms with Crippen molar-refractivity contribution in [1.29, 1.82) is 0 Å². The van der Waals surface area contributed by atoms with Gasteiger partial charge in [0, 0.05) is 18.2 Å². The lowest BCUT2D eigenvalue weighted by Crippen LogP contribution is -2.41. The topological polar surface area (TPSA) is 99.7 Å². The molecule has 0 atom stereocenters. The Bertz CT molecular complexity index is 466. The van der Waals surface area contributed by atoms with Crippen molar-refractivity contribution in [2.24, 2.45) is 10.9 Å². The predicted molar refractivity (Wildman–Crippen MR) is 73.3 cm³/mol. The summed E-state index contributed by atoms with van der Waals surface area (Å²) in [4.78, 5) is 11.6. The van der Waals surface area contributed by atoms with Gasteiger partial charge in [0.2, 0.25) is 0 Å². The Kier molecular flexibility index (Phi) is 4.22. The van der Waals surface area contributed by atoms with Gasteiger partial charge in [0.05, 0.1) is 0 Å². The Morgan fingerprint density at radius 1 is 1.37 bits per heavy atom. The monoisotopic (exact) mass is 262 g/mol. The molecule has 1 aromatic rings. The number of oxime groups is 1. The first-order chi connectivity index (χ1) is 9.17. The number of carbonyl (C=O) groups excluding carboxylic acids is 1. The van der Waals surface area contributed by atoms with Gasteiger partial charge in [0.15, 0.2) is 0 Å². The van der Waals surface area contributed by atoms with Crippen LogP contribution in [0.3, 0.4) is 0 Å². The van der Waals surface area contributed by atoms with Gasteiger partial charge in [-0.2, -0.15) is 0 Å². The maximum atomic E-state index is 11.6. The number of amides is 2. The molecule has 1 fully saturated rings. The molecule has 102 valence electrons. The molecule has 2 rings (SSSR count). The molecule has 1 aliphatic rings.